The van der Waals surface area contributed by atoms with E-state index in [1.165, 1.54) is 22.3 Å². The van der Waals surface area contributed by atoms with E-state index in [4.69, 9.17) is 11.6 Å². The zero-order valence-electron chi connectivity index (χ0n) is 16.0. The van der Waals surface area contributed by atoms with Gasteiger partial charge in [0.2, 0.25) is 0 Å². The fourth-order valence-corrected chi connectivity index (χ4v) is 4.45. The summed E-state index contributed by atoms with van der Waals surface area (Å²) in [6.45, 7) is 8.02. The molecule has 0 saturated heterocycles. The number of thiophene rings is 1. The summed E-state index contributed by atoms with van der Waals surface area (Å²) < 4.78 is 3.43. The van der Waals surface area contributed by atoms with Crippen molar-refractivity contribution >= 4 is 39.4 Å². The maximum Gasteiger partial charge on any atom is 0.282 e. The lowest BCUT2D eigenvalue weighted by Gasteiger charge is -2.09. The van der Waals surface area contributed by atoms with Gasteiger partial charge in [-0.3, -0.25) is 4.79 Å². The molecule has 0 aliphatic carbocycles. The van der Waals surface area contributed by atoms with Gasteiger partial charge in [0.05, 0.1) is 11.6 Å². The SMILES string of the molecule is Cc1sc2ncn(N=Cc3cc(C)n(-c4ccc(Cl)cc4)c3C)c(=O)c2c1C. The van der Waals surface area contributed by atoms with Gasteiger partial charge in [0.25, 0.3) is 5.56 Å². The van der Waals surface area contributed by atoms with E-state index in [2.05, 4.69) is 14.7 Å². The van der Waals surface area contributed by atoms with E-state index in [0.29, 0.717) is 10.4 Å². The quantitative estimate of drug-likeness (QED) is 0.445. The minimum Gasteiger partial charge on any atom is -0.318 e. The summed E-state index contributed by atoms with van der Waals surface area (Å²) in [5.41, 5.74) is 4.92. The summed E-state index contributed by atoms with van der Waals surface area (Å²) >= 11 is 7.54. The zero-order valence-corrected chi connectivity index (χ0v) is 17.6. The van der Waals surface area contributed by atoms with Crippen molar-refractivity contribution in [3.63, 3.8) is 0 Å². The summed E-state index contributed by atoms with van der Waals surface area (Å²) in [4.78, 5) is 19.0. The molecule has 0 unspecified atom stereocenters. The maximum absolute atomic E-state index is 12.8. The number of hydrogen-bond acceptors (Lipinski definition) is 4. The van der Waals surface area contributed by atoms with Crippen molar-refractivity contribution in [2.24, 2.45) is 5.10 Å². The first-order valence-corrected chi connectivity index (χ1v) is 10.0. The smallest absolute Gasteiger partial charge is 0.282 e. The fourth-order valence-electron chi connectivity index (χ4n) is 3.34. The van der Waals surface area contributed by atoms with Crippen molar-refractivity contribution in [2.45, 2.75) is 27.7 Å². The third kappa shape index (κ3) is 3.08. The molecule has 4 aromatic rings. The molecule has 7 heteroatoms. The fraction of sp³-hybridized carbons (Fsp3) is 0.190. The highest BCUT2D eigenvalue weighted by Gasteiger charge is 2.12. The van der Waals surface area contributed by atoms with Gasteiger partial charge in [0, 0.05) is 32.5 Å². The number of aryl methyl sites for hydroxylation is 3. The van der Waals surface area contributed by atoms with E-state index in [0.717, 1.165) is 37.9 Å². The Hall–Kier alpha value is -2.70. The van der Waals surface area contributed by atoms with Crippen molar-refractivity contribution in [3.8, 4) is 5.69 Å². The molecule has 4 rings (SSSR count). The molecule has 0 aliphatic rings. The predicted octanol–water partition coefficient (Wildman–Crippen LogP) is 5.02. The van der Waals surface area contributed by atoms with Crippen LogP contribution in [0.4, 0.5) is 0 Å². The molecule has 0 amide bonds. The number of rotatable bonds is 3. The van der Waals surface area contributed by atoms with Gasteiger partial charge < -0.3 is 4.57 Å². The molecule has 142 valence electrons. The lowest BCUT2D eigenvalue weighted by Crippen LogP contribution is -2.17. The standard InChI is InChI=1S/C21H19ClN4OS/c1-12-9-16(14(3)26(12)18-7-5-17(22)6-8-18)10-24-25-11-23-20-19(21(25)27)13(2)15(4)28-20/h5-11H,1-4H3. The summed E-state index contributed by atoms with van der Waals surface area (Å²) in [7, 11) is 0. The molecule has 5 nitrogen and oxygen atoms in total. The van der Waals surface area contributed by atoms with Crippen LogP contribution in [0.3, 0.4) is 0 Å². The highest BCUT2D eigenvalue weighted by molar-refractivity contribution is 7.18. The summed E-state index contributed by atoms with van der Waals surface area (Å²) in [5.74, 6) is 0. The molecule has 1 aromatic carbocycles. The number of fused-ring (bicyclic) bond motifs is 1. The average Bonchev–Trinajstić information content (AvgIpc) is 3.11. The van der Waals surface area contributed by atoms with E-state index in [1.54, 1.807) is 6.21 Å². The molecule has 0 spiro atoms. The Bertz CT molecular complexity index is 1280. The van der Waals surface area contributed by atoms with E-state index in [9.17, 15) is 4.79 Å². The molecule has 0 bridgehead atoms. The lowest BCUT2D eigenvalue weighted by molar-refractivity contribution is 0.817. The molecule has 0 atom stereocenters. The van der Waals surface area contributed by atoms with Gasteiger partial charge in [0.15, 0.2) is 0 Å². The van der Waals surface area contributed by atoms with Crippen molar-refractivity contribution in [3.05, 3.63) is 79.4 Å². The number of aromatic nitrogens is 3. The van der Waals surface area contributed by atoms with Crippen molar-refractivity contribution in [2.75, 3.05) is 0 Å². The van der Waals surface area contributed by atoms with Gasteiger partial charge in [-0.1, -0.05) is 11.6 Å². The lowest BCUT2D eigenvalue weighted by atomic mass is 10.2. The topological polar surface area (TPSA) is 52.2 Å². The van der Waals surface area contributed by atoms with Crippen molar-refractivity contribution < 1.29 is 0 Å². The average molecular weight is 411 g/mol. The van der Waals surface area contributed by atoms with E-state index >= 15 is 0 Å². The van der Waals surface area contributed by atoms with E-state index in [1.807, 2.05) is 58.0 Å². The largest absolute Gasteiger partial charge is 0.318 e. The molecular weight excluding hydrogens is 392 g/mol. The van der Waals surface area contributed by atoms with Crippen LogP contribution in [0.25, 0.3) is 15.9 Å². The predicted molar refractivity (Wildman–Crippen MR) is 117 cm³/mol. The number of nitrogens with zero attached hydrogens (tertiary/aromatic N) is 4. The van der Waals surface area contributed by atoms with Gasteiger partial charge in [0.1, 0.15) is 11.2 Å². The van der Waals surface area contributed by atoms with E-state index < -0.39 is 0 Å². The molecular formula is C21H19ClN4OS. The van der Waals surface area contributed by atoms with Crippen LogP contribution in [0, 0.1) is 27.7 Å². The molecule has 3 aromatic heterocycles. The van der Waals surface area contributed by atoms with Crippen LogP contribution in [-0.4, -0.2) is 20.4 Å². The first kappa shape index (κ1) is 18.7. The Morgan fingerprint density at radius 1 is 1.14 bits per heavy atom. The number of hydrogen-bond donors (Lipinski definition) is 0. The van der Waals surface area contributed by atoms with Gasteiger partial charge in [-0.05, 0) is 63.6 Å². The van der Waals surface area contributed by atoms with Crippen LogP contribution in [0.2, 0.25) is 5.02 Å². The second-order valence-electron chi connectivity index (χ2n) is 6.74. The minimum atomic E-state index is -0.144. The van der Waals surface area contributed by atoms with Gasteiger partial charge >= 0.3 is 0 Å². The molecule has 0 aliphatic heterocycles. The molecule has 3 heterocycles. The number of benzene rings is 1. The summed E-state index contributed by atoms with van der Waals surface area (Å²) in [5, 5.41) is 5.74. The first-order chi connectivity index (χ1) is 13.4. The zero-order chi connectivity index (χ0) is 20.0. The maximum atomic E-state index is 12.8. The Labute approximate surface area is 171 Å². The molecule has 28 heavy (non-hydrogen) atoms. The van der Waals surface area contributed by atoms with Gasteiger partial charge in [-0.2, -0.15) is 9.78 Å². The van der Waals surface area contributed by atoms with Crippen LogP contribution in [-0.2, 0) is 0 Å². The number of halogens is 1. The van der Waals surface area contributed by atoms with E-state index in [-0.39, 0.29) is 5.56 Å². The minimum absolute atomic E-state index is 0.144. The normalized spacial score (nSPS) is 11.8. The van der Waals surface area contributed by atoms with Crippen LogP contribution >= 0.6 is 22.9 Å². The first-order valence-electron chi connectivity index (χ1n) is 8.83. The second-order valence-corrected chi connectivity index (χ2v) is 8.38. The van der Waals surface area contributed by atoms with Crippen LogP contribution in [0.5, 0.6) is 0 Å². The third-order valence-corrected chi connectivity index (χ3v) is 6.32. The summed E-state index contributed by atoms with van der Waals surface area (Å²) in [6.07, 6.45) is 3.19. The monoisotopic (exact) mass is 410 g/mol. The van der Waals surface area contributed by atoms with Crippen LogP contribution < -0.4 is 5.56 Å². The van der Waals surface area contributed by atoms with Gasteiger partial charge in [-0.15, -0.1) is 11.3 Å². The second kappa shape index (κ2) is 7.04. The van der Waals surface area contributed by atoms with Crippen LogP contribution in [0.15, 0.2) is 46.6 Å². The van der Waals surface area contributed by atoms with Gasteiger partial charge in [-0.25, -0.2) is 4.98 Å². The van der Waals surface area contributed by atoms with Crippen molar-refractivity contribution in [1.29, 1.82) is 0 Å². The van der Waals surface area contributed by atoms with Crippen molar-refractivity contribution in [1.82, 2.24) is 14.2 Å². The molecule has 0 N–H and O–H groups in total. The Morgan fingerprint density at radius 2 is 1.86 bits per heavy atom. The molecule has 0 fully saturated rings. The summed E-state index contributed by atoms with van der Waals surface area (Å²) in [6, 6.07) is 9.75. The highest BCUT2D eigenvalue weighted by Crippen LogP contribution is 2.25. The highest BCUT2D eigenvalue weighted by atomic mass is 35.5. The Balaban J connectivity index is 1.75. The Morgan fingerprint density at radius 3 is 2.57 bits per heavy atom. The Kier molecular flexibility index (Phi) is 4.69. The molecule has 0 radical (unpaired) electrons. The molecule has 0 saturated carbocycles. The van der Waals surface area contributed by atoms with Crippen LogP contribution in [0.1, 0.15) is 27.4 Å². The third-order valence-electron chi connectivity index (χ3n) is 4.95.